The van der Waals surface area contributed by atoms with Crippen molar-refractivity contribution in [1.29, 1.82) is 0 Å². The van der Waals surface area contributed by atoms with Gasteiger partial charge in [-0.1, -0.05) is 6.07 Å². The van der Waals surface area contributed by atoms with Crippen molar-refractivity contribution in [1.82, 2.24) is 30.0 Å². The Morgan fingerprint density at radius 1 is 1.15 bits per heavy atom. The van der Waals surface area contributed by atoms with Gasteiger partial charge in [0.15, 0.2) is 0 Å². The van der Waals surface area contributed by atoms with Crippen LogP contribution < -0.4 is 15.6 Å². The van der Waals surface area contributed by atoms with E-state index in [0.29, 0.717) is 34.3 Å². The molecule has 0 aliphatic heterocycles. The van der Waals surface area contributed by atoms with Crippen LogP contribution in [-0.2, 0) is 6.54 Å². The highest BCUT2D eigenvalue weighted by Crippen LogP contribution is 2.32. The molecule has 9 heteroatoms. The molecule has 0 unspecified atom stereocenters. The lowest BCUT2D eigenvalue weighted by Gasteiger charge is -2.11. The highest BCUT2D eigenvalue weighted by Gasteiger charge is 2.19. The van der Waals surface area contributed by atoms with Crippen LogP contribution in [0.3, 0.4) is 0 Å². The zero-order valence-electron chi connectivity index (χ0n) is 19.3. The number of rotatable bonds is 7. The molecular weight excluding hydrogens is 420 g/mol. The summed E-state index contributed by atoms with van der Waals surface area (Å²) in [5, 5.41) is 11.5. The van der Waals surface area contributed by atoms with Gasteiger partial charge in [-0.25, -0.2) is 4.98 Å². The number of hydrogen-bond acceptors (Lipinski definition) is 8. The predicted octanol–water partition coefficient (Wildman–Crippen LogP) is 3.64. The van der Waals surface area contributed by atoms with E-state index in [-0.39, 0.29) is 17.5 Å². The van der Waals surface area contributed by atoms with Crippen LogP contribution in [0.2, 0.25) is 0 Å². The van der Waals surface area contributed by atoms with Gasteiger partial charge in [0.25, 0.3) is 17.3 Å². The van der Waals surface area contributed by atoms with Gasteiger partial charge in [0.2, 0.25) is 0 Å². The maximum Gasteiger partial charge on any atom is 0.268 e. The molecule has 0 saturated carbocycles. The molecule has 0 bridgehead atoms. The van der Waals surface area contributed by atoms with Crippen molar-refractivity contribution in [3.8, 4) is 40.0 Å². The summed E-state index contributed by atoms with van der Waals surface area (Å²) in [4.78, 5) is 21.3. The summed E-state index contributed by atoms with van der Waals surface area (Å²) in [7, 11) is 3.49. The summed E-state index contributed by atoms with van der Waals surface area (Å²) >= 11 is 0. The Bertz CT molecular complexity index is 1340. The Morgan fingerprint density at radius 3 is 2.67 bits per heavy atom. The molecule has 0 fully saturated rings. The molecule has 33 heavy (non-hydrogen) atoms. The molecule has 3 aromatic heterocycles. The molecule has 9 nitrogen and oxygen atoms in total. The molecule has 4 aromatic rings. The number of ether oxygens (including phenoxy) is 1. The third kappa shape index (κ3) is 4.54. The van der Waals surface area contributed by atoms with Crippen molar-refractivity contribution < 1.29 is 9.15 Å². The van der Waals surface area contributed by atoms with Gasteiger partial charge in [-0.3, -0.25) is 9.78 Å². The van der Waals surface area contributed by atoms with Gasteiger partial charge in [-0.15, -0.1) is 10.2 Å². The Morgan fingerprint density at radius 2 is 1.94 bits per heavy atom. The van der Waals surface area contributed by atoms with Gasteiger partial charge in [0.1, 0.15) is 11.4 Å². The molecule has 0 aliphatic rings. The molecule has 0 amide bonds. The zero-order valence-corrected chi connectivity index (χ0v) is 19.3. The highest BCUT2D eigenvalue weighted by molar-refractivity contribution is 5.66. The Balaban J connectivity index is 1.72. The van der Waals surface area contributed by atoms with E-state index in [4.69, 9.17) is 14.1 Å². The van der Waals surface area contributed by atoms with Crippen molar-refractivity contribution in [2.24, 2.45) is 0 Å². The lowest BCUT2D eigenvalue weighted by atomic mass is 10.1. The van der Waals surface area contributed by atoms with Crippen LogP contribution in [0.1, 0.15) is 31.1 Å². The molecule has 0 saturated heterocycles. The molecule has 1 aromatic carbocycles. The average molecular weight is 447 g/mol. The van der Waals surface area contributed by atoms with E-state index in [1.54, 1.807) is 30.1 Å². The number of aryl methyl sites for hydroxylation is 1. The molecule has 3 heterocycles. The second kappa shape index (κ2) is 9.33. The minimum absolute atomic E-state index is 0.0308. The Labute approximate surface area is 191 Å². The van der Waals surface area contributed by atoms with E-state index >= 15 is 0 Å². The smallest absolute Gasteiger partial charge is 0.268 e. The number of aromatic nitrogens is 5. The van der Waals surface area contributed by atoms with Crippen molar-refractivity contribution in [2.45, 2.75) is 33.4 Å². The maximum absolute atomic E-state index is 12.1. The first-order chi connectivity index (χ1) is 15.9. The van der Waals surface area contributed by atoms with Gasteiger partial charge in [0.05, 0.1) is 30.3 Å². The van der Waals surface area contributed by atoms with Crippen LogP contribution >= 0.6 is 0 Å². The third-order valence-electron chi connectivity index (χ3n) is 5.25. The lowest BCUT2D eigenvalue weighted by Crippen LogP contribution is -2.20. The molecule has 0 atom stereocenters. The minimum Gasteiger partial charge on any atom is -0.496 e. The van der Waals surface area contributed by atoms with E-state index < -0.39 is 0 Å². The standard InChI is InChI=1S/C24H26N6O3/c1-14(2)30-13-17(7-9-21(30)31)19-12-26-15(3)22(27-19)24-29-28-23(33-24)18-8-6-16(11-25-4)10-20(18)32-5/h6-10,12-14,25H,11H2,1-5H3. The molecular formula is C24H26N6O3. The van der Waals surface area contributed by atoms with Crippen molar-refractivity contribution in [3.05, 3.63) is 64.3 Å². The molecule has 0 aliphatic carbocycles. The summed E-state index contributed by atoms with van der Waals surface area (Å²) in [6.07, 6.45) is 3.46. The maximum atomic E-state index is 12.1. The lowest BCUT2D eigenvalue weighted by molar-refractivity contribution is 0.413. The van der Waals surface area contributed by atoms with E-state index in [0.717, 1.165) is 17.7 Å². The summed E-state index contributed by atoms with van der Waals surface area (Å²) in [5.41, 5.74) is 4.24. The number of pyridine rings is 1. The van der Waals surface area contributed by atoms with Crippen LogP contribution in [0, 0.1) is 6.92 Å². The molecule has 0 radical (unpaired) electrons. The third-order valence-corrected chi connectivity index (χ3v) is 5.25. The second-order valence-electron chi connectivity index (χ2n) is 7.92. The van der Waals surface area contributed by atoms with Gasteiger partial charge in [-0.05, 0) is 51.6 Å². The average Bonchev–Trinajstić information content (AvgIpc) is 3.29. The number of nitrogens with one attached hydrogen (secondary N) is 1. The van der Waals surface area contributed by atoms with Gasteiger partial charge >= 0.3 is 0 Å². The van der Waals surface area contributed by atoms with Crippen molar-refractivity contribution >= 4 is 0 Å². The Kier molecular flexibility index (Phi) is 6.32. The monoisotopic (exact) mass is 446 g/mol. The number of hydrogen-bond donors (Lipinski definition) is 1. The van der Waals surface area contributed by atoms with Crippen LogP contribution in [0.5, 0.6) is 5.75 Å². The topological polar surface area (TPSA) is 108 Å². The highest BCUT2D eigenvalue weighted by atomic mass is 16.5. The quantitative estimate of drug-likeness (QED) is 0.458. The fourth-order valence-electron chi connectivity index (χ4n) is 3.50. The van der Waals surface area contributed by atoms with E-state index in [2.05, 4.69) is 20.5 Å². The normalized spacial score (nSPS) is 11.2. The summed E-state index contributed by atoms with van der Waals surface area (Å²) < 4.78 is 13.2. The number of benzene rings is 1. The first kappa shape index (κ1) is 22.3. The predicted molar refractivity (Wildman–Crippen MR) is 125 cm³/mol. The number of nitrogens with zero attached hydrogens (tertiary/aromatic N) is 5. The van der Waals surface area contributed by atoms with Crippen LogP contribution in [0.25, 0.3) is 34.3 Å². The van der Waals surface area contributed by atoms with Gasteiger partial charge < -0.3 is 19.0 Å². The number of methoxy groups -OCH3 is 1. The first-order valence-corrected chi connectivity index (χ1v) is 10.6. The molecule has 0 spiro atoms. The van der Waals surface area contributed by atoms with Gasteiger partial charge in [-0.2, -0.15) is 0 Å². The summed E-state index contributed by atoms with van der Waals surface area (Å²) in [6, 6.07) is 9.11. The van der Waals surface area contributed by atoms with Crippen molar-refractivity contribution in [2.75, 3.05) is 14.2 Å². The van der Waals surface area contributed by atoms with Gasteiger partial charge in [0, 0.05) is 30.4 Å². The van der Waals surface area contributed by atoms with E-state index in [1.165, 1.54) is 6.07 Å². The van der Waals surface area contributed by atoms with E-state index in [1.807, 2.05) is 46.0 Å². The van der Waals surface area contributed by atoms with Crippen LogP contribution in [0.15, 0.2) is 51.9 Å². The molecule has 1 N–H and O–H groups in total. The van der Waals surface area contributed by atoms with Crippen LogP contribution in [-0.4, -0.2) is 38.9 Å². The molecule has 4 rings (SSSR count). The summed E-state index contributed by atoms with van der Waals surface area (Å²) in [5.74, 6) is 1.23. The summed E-state index contributed by atoms with van der Waals surface area (Å²) in [6.45, 7) is 6.46. The zero-order chi connectivity index (χ0) is 23.5. The SMILES string of the molecule is CNCc1ccc(-c2nnc(-c3nc(-c4ccc(=O)n(C(C)C)c4)cnc3C)o2)c(OC)c1. The minimum atomic E-state index is -0.0646. The second-order valence-corrected chi connectivity index (χ2v) is 7.92. The Hall–Kier alpha value is -3.85. The van der Waals surface area contributed by atoms with E-state index in [9.17, 15) is 4.79 Å². The largest absolute Gasteiger partial charge is 0.496 e. The fraction of sp³-hybridized carbons (Fsp3) is 0.292. The molecule has 170 valence electrons. The van der Waals surface area contributed by atoms with Crippen LogP contribution in [0.4, 0.5) is 0 Å². The fourth-order valence-corrected chi connectivity index (χ4v) is 3.50. The van der Waals surface area contributed by atoms with Crippen molar-refractivity contribution in [3.63, 3.8) is 0 Å². The first-order valence-electron chi connectivity index (χ1n) is 10.6.